The van der Waals surface area contributed by atoms with Gasteiger partial charge in [0.2, 0.25) is 0 Å². The molecule has 1 heterocycles. The molecule has 1 fully saturated rings. The summed E-state index contributed by atoms with van der Waals surface area (Å²) in [6.07, 6.45) is 4.04. The summed E-state index contributed by atoms with van der Waals surface area (Å²) in [4.78, 5) is 0. The minimum Gasteiger partial charge on any atom is -0.233 e. The number of piperidine rings is 1. The third-order valence-electron chi connectivity index (χ3n) is 2.88. The Bertz CT molecular complexity index is 207. The Kier molecular flexibility index (Phi) is 4.83. The topological polar surface area (TPSA) is 3.24 Å². The molecule has 0 bridgehead atoms. The molecule has 0 amide bonds. The average Bonchev–Trinajstić information content (AvgIpc) is 1.76. The van der Waals surface area contributed by atoms with Crippen LogP contribution in [0.15, 0.2) is 0 Å². The van der Waals surface area contributed by atoms with Crippen molar-refractivity contribution < 1.29 is 0 Å². The molecule has 0 radical (unpaired) electrons. The van der Waals surface area contributed by atoms with Gasteiger partial charge in [-0.3, -0.25) is 0 Å². The van der Waals surface area contributed by atoms with Gasteiger partial charge in [-0.1, -0.05) is 0 Å². The number of rotatable bonds is 1. The van der Waals surface area contributed by atoms with Crippen LogP contribution in [0.4, 0.5) is 0 Å². The van der Waals surface area contributed by atoms with Gasteiger partial charge in [0.05, 0.1) is 0 Å². The molecular formula is C9H18I3NS. The third kappa shape index (κ3) is 3.25. The highest BCUT2D eigenvalue weighted by Crippen LogP contribution is 2.77. The van der Waals surface area contributed by atoms with Crippen LogP contribution in [0.25, 0.3) is 0 Å². The van der Waals surface area contributed by atoms with Crippen molar-refractivity contribution in [2.75, 3.05) is 0 Å². The molecule has 0 atom stereocenters. The van der Waals surface area contributed by atoms with Crippen LogP contribution in [0.5, 0.6) is 0 Å². The van der Waals surface area contributed by atoms with E-state index < -0.39 is 1.73 Å². The Morgan fingerprint density at radius 3 is 1.50 bits per heavy atom. The maximum atomic E-state index is 2.75. The van der Waals surface area contributed by atoms with E-state index in [2.05, 4.69) is 95.6 Å². The van der Waals surface area contributed by atoms with Crippen molar-refractivity contribution in [2.45, 2.75) is 58.0 Å². The summed E-state index contributed by atoms with van der Waals surface area (Å²) in [7, 11) is 0. The molecule has 0 spiro atoms. The molecule has 0 aromatic heterocycles. The second-order valence-corrected chi connectivity index (χ2v) is 32.9. The standard InChI is InChI=1S/C9H18I3NS/c1-8(2)6-5-7-9(3,4)13(8)14(10,11)12/h5-7H2,1-4H3. The first-order valence-corrected chi connectivity index (χ1v) is 14.0. The quantitative estimate of drug-likeness (QED) is 0.372. The first-order chi connectivity index (χ1) is 6.07. The lowest BCUT2D eigenvalue weighted by atomic mass is 9.83. The monoisotopic (exact) mass is 553 g/mol. The summed E-state index contributed by atoms with van der Waals surface area (Å²) in [5, 5.41) is 0. The molecule has 0 unspecified atom stereocenters. The van der Waals surface area contributed by atoms with Crippen LogP contribution in [0.3, 0.4) is 0 Å². The third-order valence-corrected chi connectivity index (χ3v) is 7.83. The van der Waals surface area contributed by atoms with Gasteiger partial charge < -0.3 is 0 Å². The molecule has 1 aliphatic heterocycles. The SMILES string of the molecule is CC1(C)CCCC(C)(C)N1S(I)(I)I. The predicted molar refractivity (Wildman–Crippen MR) is 93.5 cm³/mol. The number of hydrogen-bond acceptors (Lipinski definition) is 1. The Balaban J connectivity index is 3.04. The molecule has 1 nitrogen and oxygen atoms in total. The average molecular weight is 553 g/mol. The van der Waals surface area contributed by atoms with Crippen LogP contribution in [0, 0.1) is 0 Å². The van der Waals surface area contributed by atoms with Gasteiger partial charge in [-0.05, 0) is 48.7 Å². The second kappa shape index (κ2) is 4.64. The highest BCUT2D eigenvalue weighted by Gasteiger charge is 2.47. The maximum Gasteiger partial charge on any atom is 0.0268 e. The zero-order valence-electron chi connectivity index (χ0n) is 9.11. The fourth-order valence-electron chi connectivity index (χ4n) is 2.54. The maximum absolute atomic E-state index is 2.75. The largest absolute Gasteiger partial charge is 0.233 e. The van der Waals surface area contributed by atoms with E-state index in [1.54, 1.807) is 0 Å². The lowest BCUT2D eigenvalue weighted by Gasteiger charge is -2.57. The normalized spacial score (nSPS) is 28.8. The van der Waals surface area contributed by atoms with E-state index in [4.69, 9.17) is 0 Å². The predicted octanol–water partition coefficient (Wildman–Crippen LogP) is 5.80. The van der Waals surface area contributed by atoms with E-state index in [-0.39, 0.29) is 0 Å². The minimum atomic E-state index is -0.698. The fourth-order valence-corrected chi connectivity index (χ4v) is 13.4. The zero-order chi connectivity index (χ0) is 11.2. The fraction of sp³-hybridized carbons (Fsp3) is 1.00. The molecule has 0 N–H and O–H groups in total. The van der Waals surface area contributed by atoms with Gasteiger partial charge in [-0.2, -0.15) is 0 Å². The molecular weight excluding hydrogens is 535 g/mol. The Morgan fingerprint density at radius 1 is 0.929 bits per heavy atom. The second-order valence-electron chi connectivity index (χ2n) is 5.15. The van der Waals surface area contributed by atoms with Crippen LogP contribution < -0.4 is 0 Å². The molecule has 5 heteroatoms. The summed E-state index contributed by atoms with van der Waals surface area (Å²) in [6, 6.07) is 0. The highest BCUT2D eigenvalue weighted by atomic mass is 127. The molecule has 86 valence electrons. The van der Waals surface area contributed by atoms with Crippen molar-refractivity contribution in [1.82, 2.24) is 4.31 Å². The summed E-state index contributed by atoms with van der Waals surface area (Å²) in [5.41, 5.74) is 0.724. The van der Waals surface area contributed by atoms with Crippen molar-refractivity contribution in [3.8, 4) is 0 Å². The van der Waals surface area contributed by atoms with Crippen LogP contribution in [0.2, 0.25) is 0 Å². The van der Waals surface area contributed by atoms with E-state index in [9.17, 15) is 0 Å². The zero-order valence-corrected chi connectivity index (χ0v) is 16.4. The van der Waals surface area contributed by atoms with Crippen LogP contribution in [-0.2, 0) is 0 Å². The minimum absolute atomic E-state index is 0.362. The summed E-state index contributed by atoms with van der Waals surface area (Å²) in [5.74, 6) is 0. The lowest BCUT2D eigenvalue weighted by molar-refractivity contribution is 0.0690. The van der Waals surface area contributed by atoms with Gasteiger partial charge in [-0.15, -0.1) is 0 Å². The van der Waals surface area contributed by atoms with Crippen molar-refractivity contribution in [2.24, 2.45) is 0 Å². The molecule has 1 rings (SSSR count). The highest BCUT2D eigenvalue weighted by molar-refractivity contribution is 14.5. The first kappa shape index (κ1) is 14.6. The molecule has 0 aromatic carbocycles. The molecule has 1 saturated heterocycles. The Labute approximate surface area is 126 Å². The van der Waals surface area contributed by atoms with Crippen molar-refractivity contribution in [1.29, 1.82) is 0 Å². The number of hydrogen-bond donors (Lipinski definition) is 0. The molecule has 14 heavy (non-hydrogen) atoms. The molecule has 0 aromatic rings. The summed E-state index contributed by atoms with van der Waals surface area (Å²) in [6.45, 7) is 9.58. The van der Waals surface area contributed by atoms with E-state index in [1.165, 1.54) is 19.3 Å². The molecule has 0 saturated carbocycles. The lowest BCUT2D eigenvalue weighted by Crippen LogP contribution is -2.56. The van der Waals surface area contributed by atoms with Gasteiger partial charge in [0.15, 0.2) is 0 Å². The van der Waals surface area contributed by atoms with E-state index in [1.807, 2.05) is 0 Å². The van der Waals surface area contributed by atoms with Crippen molar-refractivity contribution >= 4 is 65.3 Å². The number of nitrogens with zero attached hydrogens (tertiary/aromatic N) is 1. The Hall–Kier alpha value is 2.50. The first-order valence-electron chi connectivity index (χ1n) is 4.80. The summed E-state index contributed by atoms with van der Waals surface area (Å²) < 4.78 is 2.05. The van der Waals surface area contributed by atoms with Gasteiger partial charge in [0.1, 0.15) is 0 Å². The van der Waals surface area contributed by atoms with Crippen LogP contribution in [-0.4, -0.2) is 15.4 Å². The van der Waals surface area contributed by atoms with Crippen LogP contribution in [0.1, 0.15) is 47.0 Å². The number of halogens is 3. The van der Waals surface area contributed by atoms with Crippen molar-refractivity contribution in [3.63, 3.8) is 0 Å². The van der Waals surface area contributed by atoms with Crippen molar-refractivity contribution in [3.05, 3.63) is 0 Å². The van der Waals surface area contributed by atoms with Gasteiger partial charge >= 0.3 is 0 Å². The Morgan fingerprint density at radius 2 is 1.29 bits per heavy atom. The molecule has 0 aliphatic carbocycles. The van der Waals surface area contributed by atoms with E-state index in [0.717, 1.165) is 0 Å². The van der Waals surface area contributed by atoms with Crippen LogP contribution >= 0.6 is 65.3 Å². The molecule has 1 aliphatic rings. The smallest absolute Gasteiger partial charge is 0.0268 e. The van der Waals surface area contributed by atoms with E-state index in [0.29, 0.717) is 11.1 Å². The summed E-state index contributed by atoms with van der Waals surface area (Å²) >= 11 is 7.89. The van der Waals surface area contributed by atoms with Gasteiger partial charge in [0, 0.05) is 74.7 Å². The van der Waals surface area contributed by atoms with Gasteiger partial charge in [-0.25, -0.2) is 4.31 Å². The van der Waals surface area contributed by atoms with E-state index >= 15 is 0 Å². The van der Waals surface area contributed by atoms with Gasteiger partial charge in [0.25, 0.3) is 0 Å².